The molecule has 0 saturated carbocycles. The predicted molar refractivity (Wildman–Crippen MR) is 125 cm³/mol. The first-order valence-corrected chi connectivity index (χ1v) is 11.7. The summed E-state index contributed by atoms with van der Waals surface area (Å²) in [6.45, 7) is 1.46. The highest BCUT2D eigenvalue weighted by Crippen LogP contribution is 2.42. The minimum absolute atomic E-state index is 0.124. The molecule has 2 aromatic rings. The van der Waals surface area contributed by atoms with Crippen molar-refractivity contribution in [1.82, 2.24) is 10.4 Å². The minimum Gasteiger partial charge on any atom is -0.394 e. The summed E-state index contributed by atoms with van der Waals surface area (Å²) in [5.41, 5.74) is 4.16. The van der Waals surface area contributed by atoms with Crippen LogP contribution in [0.1, 0.15) is 55.9 Å². The Bertz CT molecular complexity index is 956. The van der Waals surface area contributed by atoms with Gasteiger partial charge >= 0.3 is 0 Å². The summed E-state index contributed by atoms with van der Waals surface area (Å²) in [7, 11) is 0. The van der Waals surface area contributed by atoms with E-state index in [1.165, 1.54) is 5.01 Å². The van der Waals surface area contributed by atoms with Crippen molar-refractivity contribution in [2.24, 2.45) is 0 Å². The molecule has 178 valence electrons. The molecule has 0 unspecified atom stereocenters. The first-order valence-electron chi connectivity index (χ1n) is 10.9. The molecule has 1 saturated heterocycles. The summed E-state index contributed by atoms with van der Waals surface area (Å²) in [4.78, 5) is 26.1. The van der Waals surface area contributed by atoms with Crippen LogP contribution in [-0.2, 0) is 14.3 Å². The number of aliphatic hydroxyl groups is 2. The fourth-order valence-electron chi connectivity index (χ4n) is 3.80. The second-order valence-electron chi connectivity index (χ2n) is 8.02. The first-order chi connectivity index (χ1) is 15.8. The van der Waals surface area contributed by atoms with E-state index in [0.29, 0.717) is 27.6 Å². The van der Waals surface area contributed by atoms with Crippen molar-refractivity contribution in [3.8, 4) is 0 Å². The number of benzene rings is 2. The summed E-state index contributed by atoms with van der Waals surface area (Å²) in [5.74, 6) is -0.803. The number of amides is 2. The molecule has 0 bridgehead atoms. The molecule has 9 heteroatoms. The van der Waals surface area contributed by atoms with Gasteiger partial charge in [-0.15, -0.1) is 0 Å². The number of nitrogens with zero attached hydrogens (tertiary/aromatic N) is 1. The normalized spacial score (nSPS) is 21.7. The van der Waals surface area contributed by atoms with Crippen LogP contribution in [0.25, 0.3) is 0 Å². The highest BCUT2D eigenvalue weighted by atomic mass is 35.5. The highest BCUT2D eigenvalue weighted by Gasteiger charge is 2.45. The van der Waals surface area contributed by atoms with Gasteiger partial charge in [0, 0.05) is 22.9 Å². The van der Waals surface area contributed by atoms with E-state index in [2.05, 4.69) is 5.43 Å². The molecular weight excluding hydrogens is 467 g/mol. The summed E-state index contributed by atoms with van der Waals surface area (Å²) in [6.07, 6.45) is -1.27. The third-order valence-corrected chi connectivity index (χ3v) is 5.96. The van der Waals surface area contributed by atoms with Gasteiger partial charge in [-0.2, -0.15) is 0 Å². The second-order valence-corrected chi connectivity index (χ2v) is 8.89. The van der Waals surface area contributed by atoms with Crippen molar-refractivity contribution in [1.29, 1.82) is 0 Å². The van der Waals surface area contributed by atoms with Gasteiger partial charge in [-0.3, -0.25) is 15.0 Å². The lowest BCUT2D eigenvalue weighted by atomic mass is 9.92. The molecule has 33 heavy (non-hydrogen) atoms. The maximum atomic E-state index is 13.4. The molecule has 0 spiro atoms. The quantitative estimate of drug-likeness (QED) is 0.489. The van der Waals surface area contributed by atoms with E-state index in [1.807, 2.05) is 13.0 Å². The molecule has 1 heterocycles. The van der Waals surface area contributed by atoms with Gasteiger partial charge in [-0.1, -0.05) is 60.8 Å². The van der Waals surface area contributed by atoms with E-state index in [1.54, 1.807) is 42.5 Å². The lowest BCUT2D eigenvalue weighted by Gasteiger charge is -2.44. The standard InChI is InChI=1S/C24H28Cl2N2O5/c1-2-3-7-21(31)27-28-22(15-8-10-17(25)11-9-15)23(16-5-4-6-18(26)12-16)33-20(24(28)32)13-19(30)14-29/h4-6,8-12,19-20,22-23,29-30H,2-3,7,13-14H2,1H3,(H,27,31)/t19-,20-,22+,23-/m1/s1. The average molecular weight is 495 g/mol. The number of morpholine rings is 1. The number of ether oxygens (including phenoxy) is 1. The van der Waals surface area contributed by atoms with Crippen LogP contribution in [0.2, 0.25) is 10.0 Å². The number of hydrogen-bond donors (Lipinski definition) is 3. The molecule has 2 aromatic carbocycles. The molecule has 7 nitrogen and oxygen atoms in total. The Morgan fingerprint density at radius 3 is 2.52 bits per heavy atom. The minimum atomic E-state index is -1.15. The molecule has 3 rings (SSSR count). The molecule has 0 radical (unpaired) electrons. The van der Waals surface area contributed by atoms with Crippen molar-refractivity contribution >= 4 is 35.0 Å². The largest absolute Gasteiger partial charge is 0.394 e. The first kappa shape index (κ1) is 25.5. The number of hydrogen-bond acceptors (Lipinski definition) is 5. The maximum absolute atomic E-state index is 13.4. The van der Waals surface area contributed by atoms with E-state index in [-0.39, 0.29) is 18.7 Å². The zero-order valence-electron chi connectivity index (χ0n) is 18.3. The Morgan fingerprint density at radius 2 is 1.88 bits per heavy atom. The van der Waals surface area contributed by atoms with Crippen molar-refractivity contribution in [3.05, 3.63) is 69.7 Å². The van der Waals surface area contributed by atoms with E-state index >= 15 is 0 Å². The van der Waals surface area contributed by atoms with E-state index in [4.69, 9.17) is 27.9 Å². The van der Waals surface area contributed by atoms with Crippen molar-refractivity contribution in [2.75, 3.05) is 6.61 Å². The number of halogens is 2. The summed E-state index contributed by atoms with van der Waals surface area (Å²) in [5, 5.41) is 21.6. The van der Waals surface area contributed by atoms with E-state index in [9.17, 15) is 19.8 Å². The zero-order chi connectivity index (χ0) is 24.0. The lowest BCUT2D eigenvalue weighted by Crippen LogP contribution is -2.58. The second kappa shape index (κ2) is 11.8. The molecule has 3 N–H and O–H groups in total. The number of hydrazine groups is 1. The third-order valence-electron chi connectivity index (χ3n) is 5.48. The van der Waals surface area contributed by atoms with Crippen LogP contribution >= 0.6 is 23.2 Å². The van der Waals surface area contributed by atoms with Gasteiger partial charge in [0.25, 0.3) is 5.91 Å². The number of carbonyl (C=O) groups excluding carboxylic acids is 2. The molecular formula is C24H28Cl2N2O5. The molecule has 1 fully saturated rings. The van der Waals surface area contributed by atoms with Gasteiger partial charge in [-0.25, -0.2) is 5.01 Å². The van der Waals surface area contributed by atoms with Gasteiger partial charge in [0.05, 0.1) is 12.7 Å². The van der Waals surface area contributed by atoms with Crippen LogP contribution in [0.15, 0.2) is 48.5 Å². The number of unbranched alkanes of at least 4 members (excludes halogenated alkanes) is 1. The molecule has 0 aliphatic carbocycles. The fraction of sp³-hybridized carbons (Fsp3) is 0.417. The number of nitrogens with one attached hydrogen (secondary N) is 1. The smallest absolute Gasteiger partial charge is 0.270 e. The van der Waals surface area contributed by atoms with Gasteiger partial charge in [0.1, 0.15) is 18.2 Å². The Hall–Kier alpha value is -2.16. The van der Waals surface area contributed by atoms with Crippen LogP contribution in [0.5, 0.6) is 0 Å². The zero-order valence-corrected chi connectivity index (χ0v) is 19.8. The highest BCUT2D eigenvalue weighted by molar-refractivity contribution is 6.30. The van der Waals surface area contributed by atoms with Crippen LogP contribution < -0.4 is 5.43 Å². The topological polar surface area (TPSA) is 99.1 Å². The van der Waals surface area contributed by atoms with E-state index < -0.39 is 36.9 Å². The molecule has 0 aromatic heterocycles. The predicted octanol–water partition coefficient (Wildman–Crippen LogP) is 3.97. The Morgan fingerprint density at radius 1 is 1.15 bits per heavy atom. The molecule has 1 aliphatic heterocycles. The molecule has 4 atom stereocenters. The summed E-state index contributed by atoms with van der Waals surface area (Å²) < 4.78 is 6.20. The molecule has 1 aliphatic rings. The van der Waals surface area contributed by atoms with Gasteiger partial charge in [0.2, 0.25) is 5.91 Å². The summed E-state index contributed by atoms with van der Waals surface area (Å²) >= 11 is 12.3. The fourth-order valence-corrected chi connectivity index (χ4v) is 4.12. The molecule has 2 amide bonds. The van der Waals surface area contributed by atoms with Crippen LogP contribution in [0.3, 0.4) is 0 Å². The monoisotopic (exact) mass is 494 g/mol. The van der Waals surface area contributed by atoms with Gasteiger partial charge in [-0.05, 0) is 41.8 Å². The Labute approximate surface area is 203 Å². The number of rotatable bonds is 9. The number of aliphatic hydroxyl groups excluding tert-OH is 2. The average Bonchev–Trinajstić information content (AvgIpc) is 2.80. The van der Waals surface area contributed by atoms with Gasteiger partial charge in [0.15, 0.2) is 0 Å². The van der Waals surface area contributed by atoms with E-state index in [0.717, 1.165) is 6.42 Å². The lowest BCUT2D eigenvalue weighted by molar-refractivity contribution is -0.187. The van der Waals surface area contributed by atoms with Crippen LogP contribution in [0, 0.1) is 0 Å². The van der Waals surface area contributed by atoms with Crippen molar-refractivity contribution in [3.63, 3.8) is 0 Å². The SMILES string of the molecule is CCCCC(=O)NN1C(=O)[C@@H](C[C@@H](O)CO)O[C@H](c2cccc(Cl)c2)[C@@H]1c1ccc(Cl)cc1. The van der Waals surface area contributed by atoms with Crippen molar-refractivity contribution in [2.45, 2.75) is 57.0 Å². The van der Waals surface area contributed by atoms with Crippen molar-refractivity contribution < 1.29 is 24.5 Å². The Balaban J connectivity index is 2.06. The maximum Gasteiger partial charge on any atom is 0.270 e. The van der Waals surface area contributed by atoms with Crippen LogP contribution in [-0.4, -0.2) is 45.9 Å². The number of carbonyl (C=O) groups is 2. The van der Waals surface area contributed by atoms with Crippen LogP contribution in [0.4, 0.5) is 0 Å². The third kappa shape index (κ3) is 6.46. The Kier molecular flexibility index (Phi) is 9.11. The van der Waals surface area contributed by atoms with Gasteiger partial charge < -0.3 is 14.9 Å². The summed E-state index contributed by atoms with van der Waals surface area (Å²) in [6, 6.07) is 13.3.